The molecule has 0 saturated carbocycles. The Labute approximate surface area is 155 Å². The van der Waals surface area contributed by atoms with Crippen molar-refractivity contribution in [3.8, 4) is 6.07 Å². The first-order valence-electron chi connectivity index (χ1n) is 8.72. The second kappa shape index (κ2) is 7.22. The van der Waals surface area contributed by atoms with Crippen molar-refractivity contribution in [1.29, 1.82) is 5.26 Å². The van der Waals surface area contributed by atoms with Crippen LogP contribution in [0.5, 0.6) is 0 Å². The van der Waals surface area contributed by atoms with Gasteiger partial charge in [0.1, 0.15) is 0 Å². The van der Waals surface area contributed by atoms with Crippen LogP contribution in [0.25, 0.3) is 0 Å². The van der Waals surface area contributed by atoms with Gasteiger partial charge in [0, 0.05) is 24.3 Å². The summed E-state index contributed by atoms with van der Waals surface area (Å²) in [6.45, 7) is 5.36. The standard InChI is InChI=1S/C19H24N4O2S/c1-14-19(12-22(3)11-17-7-5-4-6-16(17)10-20)15(2)23(21-14)18-8-9-26(24,25)13-18/h4-7,18H,8-9,11-13H2,1-3H3/t18-/m1/s1. The summed E-state index contributed by atoms with van der Waals surface area (Å²) in [5, 5.41) is 13.9. The molecule has 0 spiro atoms. The predicted molar refractivity (Wildman–Crippen MR) is 100 cm³/mol. The molecule has 1 aromatic heterocycles. The van der Waals surface area contributed by atoms with E-state index in [1.807, 2.05) is 49.8 Å². The number of hydrogen-bond donors (Lipinski definition) is 0. The minimum absolute atomic E-state index is 0.0583. The monoisotopic (exact) mass is 372 g/mol. The Balaban J connectivity index is 1.77. The van der Waals surface area contributed by atoms with Crippen molar-refractivity contribution in [1.82, 2.24) is 14.7 Å². The van der Waals surface area contributed by atoms with Crippen molar-refractivity contribution in [2.24, 2.45) is 0 Å². The lowest BCUT2D eigenvalue weighted by Gasteiger charge is -2.18. The lowest BCUT2D eigenvalue weighted by Crippen LogP contribution is -2.19. The number of aromatic nitrogens is 2. The number of hydrogen-bond acceptors (Lipinski definition) is 5. The molecule has 1 aromatic carbocycles. The molecule has 7 heteroatoms. The van der Waals surface area contributed by atoms with Gasteiger partial charge in [-0.2, -0.15) is 10.4 Å². The molecule has 138 valence electrons. The number of nitriles is 1. The molecule has 6 nitrogen and oxygen atoms in total. The summed E-state index contributed by atoms with van der Waals surface area (Å²) in [4.78, 5) is 2.16. The summed E-state index contributed by atoms with van der Waals surface area (Å²) in [5.41, 5.74) is 4.80. The van der Waals surface area contributed by atoms with E-state index in [1.165, 1.54) is 0 Å². The van der Waals surface area contributed by atoms with Crippen molar-refractivity contribution in [3.63, 3.8) is 0 Å². The third kappa shape index (κ3) is 3.81. The number of rotatable bonds is 5. The van der Waals surface area contributed by atoms with Gasteiger partial charge < -0.3 is 0 Å². The minimum Gasteiger partial charge on any atom is -0.298 e. The van der Waals surface area contributed by atoms with Crippen LogP contribution in [0.2, 0.25) is 0 Å². The Morgan fingerprint density at radius 1 is 1.31 bits per heavy atom. The average molecular weight is 372 g/mol. The number of sulfone groups is 1. The SMILES string of the molecule is Cc1nn([C@@H]2CCS(=O)(=O)C2)c(C)c1CN(C)Cc1ccccc1C#N. The number of aryl methyl sites for hydroxylation is 1. The summed E-state index contributed by atoms with van der Waals surface area (Å²) in [6.07, 6.45) is 0.634. The fourth-order valence-corrected chi connectivity index (χ4v) is 5.33. The van der Waals surface area contributed by atoms with E-state index in [0.29, 0.717) is 25.1 Å². The molecule has 1 aliphatic heterocycles. The summed E-state index contributed by atoms with van der Waals surface area (Å²) < 4.78 is 25.5. The highest BCUT2D eigenvalue weighted by Gasteiger charge is 2.31. The van der Waals surface area contributed by atoms with Gasteiger partial charge in [0.2, 0.25) is 0 Å². The van der Waals surface area contributed by atoms with Crippen molar-refractivity contribution >= 4 is 9.84 Å². The van der Waals surface area contributed by atoms with E-state index in [0.717, 1.165) is 22.5 Å². The zero-order chi connectivity index (χ0) is 18.9. The lowest BCUT2D eigenvalue weighted by atomic mass is 10.1. The van der Waals surface area contributed by atoms with Crippen LogP contribution in [0.3, 0.4) is 0 Å². The molecule has 0 unspecified atom stereocenters. The van der Waals surface area contributed by atoms with Crippen LogP contribution in [-0.4, -0.2) is 41.7 Å². The van der Waals surface area contributed by atoms with Gasteiger partial charge in [0.15, 0.2) is 9.84 Å². The second-order valence-electron chi connectivity index (χ2n) is 7.09. The third-order valence-corrected chi connectivity index (χ3v) is 6.79. The van der Waals surface area contributed by atoms with Crippen molar-refractivity contribution in [2.75, 3.05) is 18.6 Å². The topological polar surface area (TPSA) is 79.0 Å². The molecule has 2 heterocycles. The Morgan fingerprint density at radius 2 is 2.04 bits per heavy atom. The summed E-state index contributed by atoms with van der Waals surface area (Å²) in [5.74, 6) is 0.427. The first-order valence-corrected chi connectivity index (χ1v) is 10.5. The average Bonchev–Trinajstić information content (AvgIpc) is 3.09. The zero-order valence-corrected chi connectivity index (χ0v) is 16.3. The van der Waals surface area contributed by atoms with Crippen LogP contribution in [0.15, 0.2) is 24.3 Å². The maximum absolute atomic E-state index is 11.8. The highest BCUT2D eigenvalue weighted by molar-refractivity contribution is 7.91. The maximum Gasteiger partial charge on any atom is 0.152 e. The van der Waals surface area contributed by atoms with Gasteiger partial charge in [-0.15, -0.1) is 0 Å². The quantitative estimate of drug-likeness (QED) is 0.805. The summed E-state index contributed by atoms with van der Waals surface area (Å²) >= 11 is 0. The number of benzene rings is 1. The molecule has 1 atom stereocenters. The number of nitrogens with zero attached hydrogens (tertiary/aromatic N) is 4. The normalized spacial score (nSPS) is 19.0. The molecule has 1 saturated heterocycles. The lowest BCUT2D eigenvalue weighted by molar-refractivity contribution is 0.317. The van der Waals surface area contributed by atoms with E-state index >= 15 is 0 Å². The minimum atomic E-state index is -2.94. The van der Waals surface area contributed by atoms with Gasteiger partial charge >= 0.3 is 0 Å². The van der Waals surface area contributed by atoms with Gasteiger partial charge in [0.25, 0.3) is 0 Å². The van der Waals surface area contributed by atoms with Gasteiger partial charge in [0.05, 0.1) is 34.9 Å². The van der Waals surface area contributed by atoms with Gasteiger partial charge in [-0.05, 0) is 38.9 Å². The van der Waals surface area contributed by atoms with Crippen LogP contribution in [0, 0.1) is 25.2 Å². The van der Waals surface area contributed by atoms with E-state index < -0.39 is 9.84 Å². The molecule has 0 radical (unpaired) electrons. The first-order chi connectivity index (χ1) is 12.3. The van der Waals surface area contributed by atoms with E-state index in [-0.39, 0.29) is 17.5 Å². The molecule has 0 N–H and O–H groups in total. The maximum atomic E-state index is 11.8. The molecular weight excluding hydrogens is 348 g/mol. The van der Waals surface area contributed by atoms with Crippen molar-refractivity contribution in [3.05, 3.63) is 52.3 Å². The van der Waals surface area contributed by atoms with Gasteiger partial charge in [-0.3, -0.25) is 9.58 Å². The van der Waals surface area contributed by atoms with Crippen LogP contribution in [-0.2, 0) is 22.9 Å². The highest BCUT2D eigenvalue weighted by Crippen LogP contribution is 2.27. The first kappa shape index (κ1) is 18.6. The van der Waals surface area contributed by atoms with Crippen molar-refractivity contribution in [2.45, 2.75) is 39.4 Å². The fraction of sp³-hybridized carbons (Fsp3) is 0.474. The van der Waals surface area contributed by atoms with Crippen LogP contribution >= 0.6 is 0 Å². The summed E-state index contributed by atoms with van der Waals surface area (Å²) in [6, 6.07) is 9.80. The van der Waals surface area contributed by atoms with Crippen molar-refractivity contribution < 1.29 is 8.42 Å². The smallest absolute Gasteiger partial charge is 0.152 e. The van der Waals surface area contributed by atoms with Crippen LogP contribution < -0.4 is 0 Å². The van der Waals surface area contributed by atoms with Crippen LogP contribution in [0.4, 0.5) is 0 Å². The molecule has 0 amide bonds. The van der Waals surface area contributed by atoms with E-state index in [2.05, 4.69) is 16.1 Å². The molecule has 0 bridgehead atoms. The fourth-order valence-electron chi connectivity index (χ4n) is 3.63. The molecule has 2 aromatic rings. The molecule has 0 aliphatic carbocycles. The Morgan fingerprint density at radius 3 is 2.69 bits per heavy atom. The van der Waals surface area contributed by atoms with E-state index in [4.69, 9.17) is 0 Å². The Hall–Kier alpha value is -2.17. The van der Waals surface area contributed by atoms with E-state index in [9.17, 15) is 13.7 Å². The zero-order valence-electron chi connectivity index (χ0n) is 15.4. The van der Waals surface area contributed by atoms with Crippen LogP contribution in [0.1, 0.15) is 40.5 Å². The second-order valence-corrected chi connectivity index (χ2v) is 9.32. The van der Waals surface area contributed by atoms with E-state index in [1.54, 1.807) is 0 Å². The Bertz CT molecular complexity index is 956. The molecule has 1 fully saturated rings. The third-order valence-electron chi connectivity index (χ3n) is 5.04. The van der Waals surface area contributed by atoms with Gasteiger partial charge in [-0.25, -0.2) is 8.42 Å². The predicted octanol–water partition coefficient (Wildman–Crippen LogP) is 2.36. The summed E-state index contributed by atoms with van der Waals surface area (Å²) in [7, 11) is -0.919. The molecular formula is C19H24N4O2S. The largest absolute Gasteiger partial charge is 0.298 e. The van der Waals surface area contributed by atoms with Gasteiger partial charge in [-0.1, -0.05) is 18.2 Å². The molecule has 3 rings (SSSR count). The highest BCUT2D eigenvalue weighted by atomic mass is 32.2. The molecule has 26 heavy (non-hydrogen) atoms. The molecule has 1 aliphatic rings. The Kier molecular flexibility index (Phi) is 5.17.